The zero-order valence-electron chi connectivity index (χ0n) is 12.6. The molecule has 2 aromatic rings. The highest BCUT2D eigenvalue weighted by atomic mass is 35.5. The standard InChI is InChI=1S/C7H4F4N2O3.C5H2ClFN2O2/c8-5-1-4(13(14)15)2-12-6(5)16-3-7(9,10)11;6-5-4(7)1-3(2-8-5)9(10)11/h1-2H,3H2;1-2H. The van der Waals surface area contributed by atoms with Crippen molar-refractivity contribution in [2.45, 2.75) is 6.18 Å². The predicted molar refractivity (Wildman–Crippen MR) is 78.3 cm³/mol. The average molecular weight is 417 g/mol. The van der Waals surface area contributed by atoms with Crippen molar-refractivity contribution in [3.63, 3.8) is 0 Å². The van der Waals surface area contributed by atoms with Gasteiger partial charge in [0.2, 0.25) is 0 Å². The molecule has 0 fully saturated rings. The number of hydrogen-bond acceptors (Lipinski definition) is 7. The Morgan fingerprint density at radius 2 is 1.48 bits per heavy atom. The second-order valence-electron chi connectivity index (χ2n) is 4.36. The maximum atomic E-state index is 12.9. The maximum Gasteiger partial charge on any atom is 0.422 e. The van der Waals surface area contributed by atoms with E-state index in [-0.39, 0.29) is 5.15 Å². The third-order valence-electron chi connectivity index (χ3n) is 2.37. The molecule has 9 nitrogen and oxygen atoms in total. The van der Waals surface area contributed by atoms with E-state index in [1.54, 1.807) is 0 Å². The molecular weight excluding hydrogens is 411 g/mol. The maximum absolute atomic E-state index is 12.9. The van der Waals surface area contributed by atoms with Crippen molar-refractivity contribution in [3.05, 3.63) is 61.5 Å². The average Bonchev–Trinajstić information content (AvgIpc) is 2.55. The summed E-state index contributed by atoms with van der Waals surface area (Å²) in [6, 6.07) is 1.15. The fourth-order valence-corrected chi connectivity index (χ4v) is 1.39. The first-order valence-electron chi connectivity index (χ1n) is 6.35. The molecule has 0 saturated heterocycles. The van der Waals surface area contributed by atoms with E-state index < -0.39 is 51.5 Å². The highest BCUT2D eigenvalue weighted by Crippen LogP contribution is 2.22. The normalized spacial score (nSPS) is 10.6. The van der Waals surface area contributed by atoms with Gasteiger partial charge in [-0.1, -0.05) is 11.6 Å². The summed E-state index contributed by atoms with van der Waals surface area (Å²) in [4.78, 5) is 24.8. The van der Waals surface area contributed by atoms with Crippen LogP contribution in [0, 0.1) is 31.9 Å². The number of pyridine rings is 2. The predicted octanol–water partition coefficient (Wildman–Crippen LogP) is 3.85. The van der Waals surface area contributed by atoms with Crippen molar-refractivity contribution >= 4 is 23.0 Å². The monoisotopic (exact) mass is 416 g/mol. The van der Waals surface area contributed by atoms with E-state index in [1.165, 1.54) is 0 Å². The molecule has 0 aliphatic rings. The lowest BCUT2D eigenvalue weighted by molar-refractivity contribution is -0.385. The SMILES string of the molecule is O=[N+]([O-])c1cnc(Cl)c(F)c1.O=[N+]([O-])c1cnc(OCC(F)(F)F)c(F)c1. The fourth-order valence-electron chi connectivity index (χ4n) is 1.28. The lowest BCUT2D eigenvalue weighted by Crippen LogP contribution is -2.20. The lowest BCUT2D eigenvalue weighted by atomic mass is 10.4. The van der Waals surface area contributed by atoms with Gasteiger partial charge in [-0.3, -0.25) is 20.2 Å². The Hall–Kier alpha value is -3.16. The summed E-state index contributed by atoms with van der Waals surface area (Å²) in [6.45, 7) is -1.71. The largest absolute Gasteiger partial charge is 0.466 e. The molecule has 146 valence electrons. The molecule has 0 atom stereocenters. The number of rotatable bonds is 4. The number of nitro groups is 2. The van der Waals surface area contributed by atoms with Crippen LogP contribution in [0.15, 0.2) is 24.5 Å². The minimum Gasteiger partial charge on any atom is -0.466 e. The van der Waals surface area contributed by atoms with Crippen LogP contribution in [0.1, 0.15) is 0 Å². The van der Waals surface area contributed by atoms with Gasteiger partial charge >= 0.3 is 6.18 Å². The Bertz CT molecular complexity index is 851. The van der Waals surface area contributed by atoms with E-state index in [2.05, 4.69) is 14.7 Å². The van der Waals surface area contributed by atoms with Crippen LogP contribution in [0.2, 0.25) is 5.15 Å². The summed E-state index contributed by atoms with van der Waals surface area (Å²) in [6.07, 6.45) is -3.13. The fraction of sp³-hybridized carbons (Fsp3) is 0.167. The molecule has 2 aromatic heterocycles. The zero-order chi connectivity index (χ0) is 20.8. The van der Waals surface area contributed by atoms with Gasteiger partial charge in [0.25, 0.3) is 17.3 Å². The molecule has 0 radical (unpaired) electrons. The first-order valence-corrected chi connectivity index (χ1v) is 6.73. The van der Waals surface area contributed by atoms with Crippen LogP contribution in [0.3, 0.4) is 0 Å². The number of nitrogens with zero attached hydrogens (tertiary/aromatic N) is 4. The van der Waals surface area contributed by atoms with E-state index in [0.717, 1.165) is 12.3 Å². The third-order valence-corrected chi connectivity index (χ3v) is 2.65. The van der Waals surface area contributed by atoms with Crippen LogP contribution in [0.5, 0.6) is 5.88 Å². The molecule has 0 aromatic carbocycles. The van der Waals surface area contributed by atoms with Gasteiger partial charge in [0, 0.05) is 0 Å². The second kappa shape index (κ2) is 8.98. The summed E-state index contributed by atoms with van der Waals surface area (Å²) in [7, 11) is 0. The van der Waals surface area contributed by atoms with Gasteiger partial charge in [-0.05, 0) is 0 Å². The smallest absolute Gasteiger partial charge is 0.422 e. The van der Waals surface area contributed by atoms with Crippen molar-refractivity contribution in [2.75, 3.05) is 6.61 Å². The molecule has 27 heavy (non-hydrogen) atoms. The van der Waals surface area contributed by atoms with Crippen LogP contribution < -0.4 is 4.74 Å². The molecule has 0 amide bonds. The Balaban J connectivity index is 0.000000289. The Kier molecular flexibility index (Phi) is 7.27. The van der Waals surface area contributed by atoms with Gasteiger partial charge in [0.15, 0.2) is 23.4 Å². The number of hydrogen-bond donors (Lipinski definition) is 0. The van der Waals surface area contributed by atoms with Gasteiger partial charge in [-0.15, -0.1) is 0 Å². The Morgan fingerprint density at radius 3 is 1.89 bits per heavy atom. The van der Waals surface area contributed by atoms with E-state index in [0.29, 0.717) is 12.3 Å². The first-order chi connectivity index (χ1) is 12.4. The van der Waals surface area contributed by atoms with Gasteiger partial charge in [-0.25, -0.2) is 18.7 Å². The van der Waals surface area contributed by atoms with E-state index >= 15 is 0 Å². The molecule has 0 aliphatic carbocycles. The molecule has 0 spiro atoms. The number of alkyl halides is 3. The molecule has 2 rings (SSSR count). The second-order valence-corrected chi connectivity index (χ2v) is 4.72. The highest BCUT2D eigenvalue weighted by molar-refractivity contribution is 6.29. The zero-order valence-corrected chi connectivity index (χ0v) is 13.4. The van der Waals surface area contributed by atoms with E-state index in [1.807, 2.05) is 0 Å². The van der Waals surface area contributed by atoms with Crippen molar-refractivity contribution < 1.29 is 36.5 Å². The van der Waals surface area contributed by atoms with E-state index in [4.69, 9.17) is 11.6 Å². The summed E-state index contributed by atoms with van der Waals surface area (Å²) >= 11 is 5.18. The minimum atomic E-state index is -4.63. The van der Waals surface area contributed by atoms with Gasteiger partial charge in [0.1, 0.15) is 12.4 Å². The summed E-state index contributed by atoms with van der Waals surface area (Å²) < 4.78 is 64.5. The number of halogens is 6. The number of ether oxygens (including phenoxy) is 1. The summed E-state index contributed by atoms with van der Waals surface area (Å²) in [5.74, 6) is -3.14. The minimum absolute atomic E-state index is 0.365. The van der Waals surface area contributed by atoms with E-state index in [9.17, 15) is 42.2 Å². The molecule has 0 unspecified atom stereocenters. The van der Waals surface area contributed by atoms with Crippen LogP contribution in [-0.2, 0) is 0 Å². The Labute approximate surface area is 150 Å². The van der Waals surface area contributed by atoms with Crippen molar-refractivity contribution in [3.8, 4) is 5.88 Å². The summed E-state index contributed by atoms with van der Waals surface area (Å²) in [5.41, 5.74) is -1.08. The molecule has 0 bridgehead atoms. The highest BCUT2D eigenvalue weighted by Gasteiger charge is 2.29. The van der Waals surface area contributed by atoms with Gasteiger partial charge < -0.3 is 4.74 Å². The molecule has 0 aliphatic heterocycles. The lowest BCUT2D eigenvalue weighted by Gasteiger charge is -2.08. The summed E-state index contributed by atoms with van der Waals surface area (Å²) in [5, 5.41) is 19.8. The molecule has 15 heteroatoms. The molecular formula is C12H6ClF5N4O5. The van der Waals surface area contributed by atoms with Gasteiger partial charge in [0.05, 0.1) is 22.0 Å². The molecule has 2 heterocycles. The Morgan fingerprint density at radius 1 is 1.00 bits per heavy atom. The molecule has 0 saturated carbocycles. The molecule has 0 N–H and O–H groups in total. The van der Waals surface area contributed by atoms with Gasteiger partial charge in [-0.2, -0.15) is 13.2 Å². The first kappa shape index (κ1) is 21.9. The quantitative estimate of drug-likeness (QED) is 0.321. The van der Waals surface area contributed by atoms with Crippen molar-refractivity contribution in [2.24, 2.45) is 0 Å². The number of aromatic nitrogens is 2. The van der Waals surface area contributed by atoms with Crippen LogP contribution in [0.25, 0.3) is 0 Å². The van der Waals surface area contributed by atoms with Crippen LogP contribution >= 0.6 is 11.6 Å². The van der Waals surface area contributed by atoms with Crippen molar-refractivity contribution in [1.29, 1.82) is 0 Å². The van der Waals surface area contributed by atoms with Crippen molar-refractivity contribution in [1.82, 2.24) is 9.97 Å². The third kappa shape index (κ3) is 7.31. The van der Waals surface area contributed by atoms with Crippen LogP contribution in [-0.4, -0.2) is 32.6 Å². The van der Waals surface area contributed by atoms with Crippen LogP contribution in [0.4, 0.5) is 33.3 Å². The topological polar surface area (TPSA) is 121 Å².